The molecule has 18 heavy (non-hydrogen) atoms. The molecule has 4 nitrogen and oxygen atoms in total. The number of anilines is 2. The fourth-order valence-corrected chi connectivity index (χ4v) is 2.12. The van der Waals surface area contributed by atoms with Crippen LogP contribution in [0.25, 0.3) is 0 Å². The molecular formula is C12H12BrFN4. The molecule has 94 valence electrons. The highest BCUT2D eigenvalue weighted by Crippen LogP contribution is 2.23. The highest BCUT2D eigenvalue weighted by molar-refractivity contribution is 9.10. The smallest absolute Gasteiger partial charge is 0.222 e. The number of hydrogen-bond acceptors (Lipinski definition) is 4. The largest absolute Gasteiger partial charge is 0.368 e. The van der Waals surface area contributed by atoms with Crippen molar-refractivity contribution in [1.29, 1.82) is 0 Å². The van der Waals surface area contributed by atoms with Crippen LogP contribution in [-0.2, 0) is 6.54 Å². The molecule has 0 fully saturated rings. The molecule has 1 heterocycles. The number of nitrogens with two attached hydrogens (primary N) is 1. The Kier molecular flexibility index (Phi) is 3.76. The summed E-state index contributed by atoms with van der Waals surface area (Å²) >= 11 is 3.36. The van der Waals surface area contributed by atoms with Gasteiger partial charge < -0.3 is 10.6 Å². The first kappa shape index (κ1) is 12.8. The molecule has 0 aliphatic rings. The van der Waals surface area contributed by atoms with Gasteiger partial charge in [-0.2, -0.15) is 4.98 Å². The normalized spacial score (nSPS) is 10.4. The molecule has 2 N–H and O–H groups in total. The fourth-order valence-electron chi connectivity index (χ4n) is 1.62. The number of hydrogen-bond donors (Lipinski definition) is 1. The number of rotatable bonds is 3. The first-order valence-electron chi connectivity index (χ1n) is 5.30. The number of benzene rings is 1. The predicted molar refractivity (Wildman–Crippen MR) is 72.7 cm³/mol. The van der Waals surface area contributed by atoms with Crippen molar-refractivity contribution in [2.45, 2.75) is 6.54 Å². The Balaban J connectivity index is 2.21. The molecule has 2 aromatic rings. The van der Waals surface area contributed by atoms with E-state index in [1.54, 1.807) is 12.3 Å². The third-order valence-corrected chi connectivity index (χ3v) is 2.97. The van der Waals surface area contributed by atoms with Crippen molar-refractivity contribution in [2.75, 3.05) is 17.7 Å². The van der Waals surface area contributed by atoms with E-state index in [9.17, 15) is 4.39 Å². The third-order valence-electron chi connectivity index (χ3n) is 2.41. The van der Waals surface area contributed by atoms with Crippen molar-refractivity contribution in [3.05, 3.63) is 46.3 Å². The molecule has 2 rings (SSSR count). The number of aromatic nitrogens is 2. The minimum atomic E-state index is -0.248. The molecule has 0 bridgehead atoms. The van der Waals surface area contributed by atoms with Gasteiger partial charge in [0, 0.05) is 19.8 Å². The zero-order valence-electron chi connectivity index (χ0n) is 9.77. The molecule has 0 saturated carbocycles. The monoisotopic (exact) mass is 310 g/mol. The summed E-state index contributed by atoms with van der Waals surface area (Å²) in [7, 11) is 1.86. The Morgan fingerprint density at radius 1 is 1.44 bits per heavy atom. The van der Waals surface area contributed by atoms with Gasteiger partial charge in [-0.3, -0.25) is 0 Å². The summed E-state index contributed by atoms with van der Waals surface area (Å²) in [5, 5.41) is 0. The van der Waals surface area contributed by atoms with Crippen LogP contribution in [0.15, 0.2) is 34.9 Å². The molecule has 0 atom stereocenters. The highest BCUT2D eigenvalue weighted by atomic mass is 79.9. The fraction of sp³-hybridized carbons (Fsp3) is 0.167. The molecule has 0 spiro atoms. The van der Waals surface area contributed by atoms with Crippen LogP contribution in [0.4, 0.5) is 16.2 Å². The summed E-state index contributed by atoms with van der Waals surface area (Å²) in [4.78, 5) is 9.89. The third kappa shape index (κ3) is 2.95. The summed E-state index contributed by atoms with van der Waals surface area (Å²) in [6.45, 7) is 0.535. The maximum atomic E-state index is 13.1. The molecular weight excluding hydrogens is 299 g/mol. The molecule has 0 unspecified atom stereocenters. The van der Waals surface area contributed by atoms with Crippen molar-refractivity contribution in [1.82, 2.24) is 9.97 Å². The van der Waals surface area contributed by atoms with E-state index in [0.717, 1.165) is 10.0 Å². The second kappa shape index (κ2) is 5.30. The van der Waals surface area contributed by atoms with Crippen LogP contribution in [0.1, 0.15) is 5.56 Å². The van der Waals surface area contributed by atoms with Crippen molar-refractivity contribution in [2.24, 2.45) is 0 Å². The van der Waals surface area contributed by atoms with E-state index in [-0.39, 0.29) is 11.8 Å². The summed E-state index contributed by atoms with van der Waals surface area (Å²) in [6.07, 6.45) is 1.60. The van der Waals surface area contributed by atoms with Crippen molar-refractivity contribution < 1.29 is 4.39 Å². The van der Waals surface area contributed by atoms with Gasteiger partial charge in [0.1, 0.15) is 11.6 Å². The van der Waals surface area contributed by atoms with E-state index in [4.69, 9.17) is 5.73 Å². The number of nitrogen functional groups attached to an aromatic ring is 1. The van der Waals surface area contributed by atoms with E-state index in [2.05, 4.69) is 25.9 Å². The number of halogens is 2. The highest BCUT2D eigenvalue weighted by Gasteiger charge is 2.09. The second-order valence-electron chi connectivity index (χ2n) is 3.89. The van der Waals surface area contributed by atoms with Crippen LogP contribution in [0.3, 0.4) is 0 Å². The van der Waals surface area contributed by atoms with Gasteiger partial charge in [-0.1, -0.05) is 12.1 Å². The van der Waals surface area contributed by atoms with Crippen LogP contribution in [0, 0.1) is 5.82 Å². The van der Waals surface area contributed by atoms with Crippen molar-refractivity contribution >= 4 is 27.7 Å². The molecule has 6 heteroatoms. The van der Waals surface area contributed by atoms with Gasteiger partial charge in [0.2, 0.25) is 5.95 Å². The SMILES string of the molecule is CN(Cc1cccc(F)c1)c1nc(N)ncc1Br. The molecule has 1 aromatic heterocycles. The summed E-state index contributed by atoms with van der Waals surface area (Å²) in [5.74, 6) is 0.633. The molecule has 0 amide bonds. The maximum absolute atomic E-state index is 13.1. The lowest BCUT2D eigenvalue weighted by Crippen LogP contribution is -2.19. The van der Waals surface area contributed by atoms with Crippen molar-refractivity contribution in [3.8, 4) is 0 Å². The predicted octanol–water partition coefficient (Wildman–Crippen LogP) is 2.60. The molecule has 0 aliphatic carbocycles. The van der Waals surface area contributed by atoms with Gasteiger partial charge in [0.25, 0.3) is 0 Å². The second-order valence-corrected chi connectivity index (χ2v) is 4.74. The molecule has 0 radical (unpaired) electrons. The Morgan fingerprint density at radius 2 is 2.22 bits per heavy atom. The van der Waals surface area contributed by atoms with Gasteiger partial charge in [-0.25, -0.2) is 9.37 Å². The molecule has 0 aliphatic heterocycles. The first-order chi connectivity index (χ1) is 8.56. The lowest BCUT2D eigenvalue weighted by Gasteiger charge is -2.19. The molecule has 0 saturated heterocycles. The number of nitrogens with zero attached hydrogens (tertiary/aromatic N) is 3. The lowest BCUT2D eigenvalue weighted by atomic mass is 10.2. The van der Waals surface area contributed by atoms with Gasteiger partial charge in [0.05, 0.1) is 4.47 Å². The summed E-state index contributed by atoms with van der Waals surface area (Å²) < 4.78 is 13.8. The zero-order chi connectivity index (χ0) is 13.1. The van der Waals surface area contributed by atoms with Gasteiger partial charge in [-0.05, 0) is 33.6 Å². The van der Waals surface area contributed by atoms with Crippen LogP contribution in [0.5, 0.6) is 0 Å². The average molecular weight is 311 g/mol. The Bertz CT molecular complexity index is 562. The van der Waals surface area contributed by atoms with E-state index >= 15 is 0 Å². The minimum absolute atomic E-state index is 0.208. The van der Waals surface area contributed by atoms with E-state index in [1.165, 1.54) is 12.1 Å². The summed E-state index contributed by atoms with van der Waals surface area (Å²) in [6, 6.07) is 6.46. The molecule has 1 aromatic carbocycles. The first-order valence-corrected chi connectivity index (χ1v) is 6.09. The van der Waals surface area contributed by atoms with E-state index < -0.39 is 0 Å². The van der Waals surface area contributed by atoms with Crippen LogP contribution in [0.2, 0.25) is 0 Å². The average Bonchev–Trinajstić information content (AvgIpc) is 2.32. The quantitative estimate of drug-likeness (QED) is 0.946. The van der Waals surface area contributed by atoms with Gasteiger partial charge in [0.15, 0.2) is 0 Å². The zero-order valence-corrected chi connectivity index (χ0v) is 11.4. The van der Waals surface area contributed by atoms with Crippen LogP contribution >= 0.6 is 15.9 Å². The van der Waals surface area contributed by atoms with E-state index in [1.807, 2.05) is 18.0 Å². The van der Waals surface area contributed by atoms with Crippen molar-refractivity contribution in [3.63, 3.8) is 0 Å². The Hall–Kier alpha value is -1.69. The van der Waals surface area contributed by atoms with Gasteiger partial charge in [-0.15, -0.1) is 0 Å². The topological polar surface area (TPSA) is 55.0 Å². The maximum Gasteiger partial charge on any atom is 0.222 e. The Labute approximate surface area is 113 Å². The lowest BCUT2D eigenvalue weighted by molar-refractivity contribution is 0.625. The minimum Gasteiger partial charge on any atom is -0.368 e. The van der Waals surface area contributed by atoms with Crippen LogP contribution < -0.4 is 10.6 Å². The van der Waals surface area contributed by atoms with Crippen LogP contribution in [-0.4, -0.2) is 17.0 Å². The standard InChI is InChI=1S/C12H12BrFN4/c1-18(7-8-3-2-4-9(14)5-8)11-10(13)6-16-12(15)17-11/h2-6H,7H2,1H3,(H2,15,16,17). The Morgan fingerprint density at radius 3 is 2.94 bits per heavy atom. The van der Waals surface area contributed by atoms with Gasteiger partial charge >= 0.3 is 0 Å². The van der Waals surface area contributed by atoms with E-state index in [0.29, 0.717) is 12.4 Å². The summed E-state index contributed by atoms with van der Waals surface area (Å²) in [5.41, 5.74) is 6.42.